The number of aryl methyl sites for hydroxylation is 1. The molecule has 1 N–H and O–H groups in total. The van der Waals surface area contributed by atoms with Gasteiger partial charge in [-0.3, -0.25) is 0 Å². The van der Waals surface area contributed by atoms with Gasteiger partial charge in [0.05, 0.1) is 0 Å². The second-order valence-electron chi connectivity index (χ2n) is 6.34. The van der Waals surface area contributed by atoms with Gasteiger partial charge in [-0.15, -0.1) is 0 Å². The molecule has 0 aliphatic rings. The molecule has 0 fully saturated rings. The zero-order chi connectivity index (χ0) is 15.9. The number of nitrogens with one attached hydrogen (secondary N) is 1. The lowest BCUT2D eigenvalue weighted by Crippen LogP contribution is -2.37. The first-order chi connectivity index (χ1) is 9.81. The van der Waals surface area contributed by atoms with E-state index < -0.39 is 5.60 Å². The summed E-state index contributed by atoms with van der Waals surface area (Å²) >= 11 is 0. The average Bonchev–Trinajstić information content (AvgIpc) is 2.80. The molecule has 5 nitrogen and oxygen atoms in total. The summed E-state index contributed by atoms with van der Waals surface area (Å²) in [5, 5.41) is 3.34. The van der Waals surface area contributed by atoms with Crippen LogP contribution in [-0.4, -0.2) is 41.3 Å². The summed E-state index contributed by atoms with van der Waals surface area (Å²) in [6.45, 7) is 11.0. The first-order valence-corrected chi connectivity index (χ1v) is 7.61. The van der Waals surface area contributed by atoms with Crippen LogP contribution in [0.3, 0.4) is 0 Å². The van der Waals surface area contributed by atoms with Gasteiger partial charge in [-0.05, 0) is 38.8 Å². The average molecular weight is 295 g/mol. The van der Waals surface area contributed by atoms with Crippen LogP contribution in [-0.2, 0) is 17.8 Å². The van der Waals surface area contributed by atoms with Crippen LogP contribution in [0.25, 0.3) is 0 Å². The van der Waals surface area contributed by atoms with E-state index in [1.165, 1.54) is 5.56 Å². The largest absolute Gasteiger partial charge is 0.444 e. The zero-order valence-electron chi connectivity index (χ0n) is 14.0. The smallest absolute Gasteiger partial charge is 0.410 e. The molecule has 1 amide bonds. The molecule has 0 atom stereocenters. The Bertz CT molecular complexity index is 435. The fourth-order valence-corrected chi connectivity index (χ4v) is 1.90. The van der Waals surface area contributed by atoms with Crippen molar-refractivity contribution in [1.82, 2.24) is 14.8 Å². The van der Waals surface area contributed by atoms with E-state index in [4.69, 9.17) is 4.74 Å². The minimum atomic E-state index is -0.443. The standard InChI is InChI=1S/C16H29N3O2/c1-6-9-19-10-7-14(13-19)12-17-8-11-18(5)15(20)21-16(2,3)4/h7,10,13,17H,6,8-9,11-12H2,1-5H3. The van der Waals surface area contributed by atoms with E-state index in [0.717, 1.165) is 26.1 Å². The highest BCUT2D eigenvalue weighted by Crippen LogP contribution is 2.08. The number of aromatic nitrogens is 1. The highest BCUT2D eigenvalue weighted by atomic mass is 16.6. The van der Waals surface area contributed by atoms with E-state index in [2.05, 4.69) is 35.3 Å². The molecule has 0 saturated heterocycles. The highest BCUT2D eigenvalue weighted by Gasteiger charge is 2.18. The zero-order valence-corrected chi connectivity index (χ0v) is 14.0. The van der Waals surface area contributed by atoms with E-state index in [0.29, 0.717) is 6.54 Å². The van der Waals surface area contributed by atoms with Gasteiger partial charge in [0.1, 0.15) is 5.60 Å². The lowest BCUT2D eigenvalue weighted by atomic mass is 10.2. The number of hydrogen-bond donors (Lipinski definition) is 1. The number of carbonyl (C=O) groups excluding carboxylic acids is 1. The third-order valence-electron chi connectivity index (χ3n) is 2.95. The molecular weight excluding hydrogens is 266 g/mol. The third-order valence-corrected chi connectivity index (χ3v) is 2.95. The number of ether oxygens (including phenoxy) is 1. The Hall–Kier alpha value is -1.49. The summed E-state index contributed by atoms with van der Waals surface area (Å²) in [6, 6.07) is 2.13. The fraction of sp³-hybridized carbons (Fsp3) is 0.688. The molecule has 1 aromatic rings. The van der Waals surface area contributed by atoms with Crippen molar-refractivity contribution in [3.8, 4) is 0 Å². The summed E-state index contributed by atoms with van der Waals surface area (Å²) in [7, 11) is 1.76. The van der Waals surface area contributed by atoms with Crippen molar-refractivity contribution >= 4 is 6.09 Å². The van der Waals surface area contributed by atoms with Crippen molar-refractivity contribution in [2.24, 2.45) is 0 Å². The second kappa shape index (κ2) is 8.08. The molecule has 1 aromatic heterocycles. The maximum Gasteiger partial charge on any atom is 0.410 e. The molecule has 1 rings (SSSR count). The molecule has 0 unspecified atom stereocenters. The Morgan fingerprint density at radius 3 is 2.76 bits per heavy atom. The molecule has 5 heteroatoms. The van der Waals surface area contributed by atoms with Crippen LogP contribution >= 0.6 is 0 Å². The van der Waals surface area contributed by atoms with Gasteiger partial charge in [-0.2, -0.15) is 0 Å². The van der Waals surface area contributed by atoms with E-state index in [9.17, 15) is 4.79 Å². The van der Waals surface area contributed by atoms with Crippen molar-refractivity contribution < 1.29 is 9.53 Å². The van der Waals surface area contributed by atoms with Crippen molar-refractivity contribution in [3.05, 3.63) is 24.0 Å². The topological polar surface area (TPSA) is 46.5 Å². The number of carbonyl (C=O) groups is 1. The molecule has 0 bridgehead atoms. The van der Waals surface area contributed by atoms with Gasteiger partial charge in [-0.1, -0.05) is 6.92 Å². The molecule has 0 aliphatic carbocycles. The summed E-state index contributed by atoms with van der Waals surface area (Å²) in [6.07, 6.45) is 5.13. The normalized spacial score (nSPS) is 11.5. The van der Waals surface area contributed by atoms with Crippen LogP contribution in [0, 0.1) is 0 Å². The van der Waals surface area contributed by atoms with Crippen LogP contribution in [0.1, 0.15) is 39.7 Å². The first kappa shape index (κ1) is 17.6. The van der Waals surface area contributed by atoms with Crippen molar-refractivity contribution in [2.75, 3.05) is 20.1 Å². The Morgan fingerprint density at radius 2 is 2.14 bits per heavy atom. The minimum absolute atomic E-state index is 0.279. The minimum Gasteiger partial charge on any atom is -0.444 e. The second-order valence-corrected chi connectivity index (χ2v) is 6.34. The van der Waals surface area contributed by atoms with Gasteiger partial charge in [0.15, 0.2) is 0 Å². The molecule has 0 saturated carbocycles. The number of nitrogens with zero attached hydrogens (tertiary/aromatic N) is 2. The van der Waals surface area contributed by atoms with Crippen molar-refractivity contribution in [2.45, 2.75) is 52.8 Å². The van der Waals surface area contributed by atoms with Crippen LogP contribution in [0.2, 0.25) is 0 Å². The Kier molecular flexibility index (Phi) is 6.75. The van der Waals surface area contributed by atoms with E-state index in [1.807, 2.05) is 20.8 Å². The predicted octanol–water partition coefficient (Wildman–Crippen LogP) is 2.85. The molecule has 0 aliphatic heterocycles. The molecule has 0 spiro atoms. The van der Waals surface area contributed by atoms with Crippen LogP contribution in [0.15, 0.2) is 18.5 Å². The number of hydrogen-bond acceptors (Lipinski definition) is 3. The first-order valence-electron chi connectivity index (χ1n) is 7.61. The van der Waals surface area contributed by atoms with Gasteiger partial charge < -0.3 is 19.5 Å². The van der Waals surface area contributed by atoms with E-state index in [1.54, 1.807) is 11.9 Å². The molecule has 21 heavy (non-hydrogen) atoms. The van der Waals surface area contributed by atoms with Gasteiger partial charge >= 0.3 is 6.09 Å². The molecule has 0 aromatic carbocycles. The van der Waals surface area contributed by atoms with Crippen LogP contribution in [0.5, 0.6) is 0 Å². The maximum absolute atomic E-state index is 11.8. The van der Waals surface area contributed by atoms with Crippen LogP contribution < -0.4 is 5.32 Å². The Balaban J connectivity index is 2.22. The number of amides is 1. The molecule has 0 radical (unpaired) electrons. The fourth-order valence-electron chi connectivity index (χ4n) is 1.90. The number of rotatable bonds is 7. The maximum atomic E-state index is 11.8. The van der Waals surface area contributed by atoms with Gasteiger partial charge in [-0.25, -0.2) is 4.79 Å². The van der Waals surface area contributed by atoms with E-state index in [-0.39, 0.29) is 6.09 Å². The van der Waals surface area contributed by atoms with Crippen molar-refractivity contribution in [3.63, 3.8) is 0 Å². The molecular formula is C16H29N3O2. The lowest BCUT2D eigenvalue weighted by Gasteiger charge is -2.24. The van der Waals surface area contributed by atoms with Crippen LogP contribution in [0.4, 0.5) is 4.79 Å². The Morgan fingerprint density at radius 1 is 1.43 bits per heavy atom. The number of likely N-dealkylation sites (N-methyl/N-ethyl adjacent to an activating group) is 1. The predicted molar refractivity (Wildman–Crippen MR) is 85.3 cm³/mol. The quantitative estimate of drug-likeness (QED) is 0.787. The van der Waals surface area contributed by atoms with Gasteiger partial charge in [0.2, 0.25) is 0 Å². The molecule has 120 valence electrons. The van der Waals surface area contributed by atoms with Gasteiger partial charge in [0, 0.05) is 45.6 Å². The summed E-state index contributed by atoms with van der Waals surface area (Å²) in [5.74, 6) is 0. The highest BCUT2D eigenvalue weighted by molar-refractivity contribution is 5.67. The lowest BCUT2D eigenvalue weighted by molar-refractivity contribution is 0.0300. The third kappa shape index (κ3) is 7.18. The molecule has 1 heterocycles. The van der Waals surface area contributed by atoms with Crippen molar-refractivity contribution in [1.29, 1.82) is 0 Å². The SMILES string of the molecule is CCCn1ccc(CNCCN(C)C(=O)OC(C)(C)C)c1. The van der Waals surface area contributed by atoms with E-state index >= 15 is 0 Å². The summed E-state index contributed by atoms with van der Waals surface area (Å²) in [4.78, 5) is 13.4. The van der Waals surface area contributed by atoms with Gasteiger partial charge in [0.25, 0.3) is 0 Å². The Labute approximate surface area is 128 Å². The summed E-state index contributed by atoms with van der Waals surface area (Å²) in [5.41, 5.74) is 0.824. The monoisotopic (exact) mass is 295 g/mol. The summed E-state index contributed by atoms with van der Waals surface area (Å²) < 4.78 is 7.50.